The SMILES string of the molecule is O=C(CN1C(=O)S/C(=C\c2cccc(Oc3nc(Cl)ncc3F)c2)C1=O)Nc1ccccc1. The Balaban J connectivity index is 1.46. The number of carbonyl (C=O) groups excluding carboxylic acids is 3. The Hall–Kier alpha value is -3.76. The molecule has 0 bridgehead atoms. The molecule has 0 spiro atoms. The highest BCUT2D eigenvalue weighted by Crippen LogP contribution is 2.33. The predicted octanol–water partition coefficient (Wildman–Crippen LogP) is 4.74. The smallest absolute Gasteiger partial charge is 0.294 e. The first-order valence-electron chi connectivity index (χ1n) is 9.45. The van der Waals surface area contributed by atoms with Crippen molar-refractivity contribution in [3.63, 3.8) is 0 Å². The zero-order valence-corrected chi connectivity index (χ0v) is 18.3. The molecule has 1 saturated heterocycles. The lowest BCUT2D eigenvalue weighted by molar-refractivity contribution is -0.127. The summed E-state index contributed by atoms with van der Waals surface area (Å²) < 4.78 is 19.2. The van der Waals surface area contributed by atoms with Crippen LogP contribution in [0, 0.1) is 5.82 Å². The lowest BCUT2D eigenvalue weighted by Crippen LogP contribution is -2.36. The van der Waals surface area contributed by atoms with Gasteiger partial charge in [-0.1, -0.05) is 30.3 Å². The molecule has 0 aliphatic carbocycles. The van der Waals surface area contributed by atoms with E-state index in [1.807, 2.05) is 0 Å². The first kappa shape index (κ1) is 22.4. The van der Waals surface area contributed by atoms with Crippen molar-refractivity contribution < 1.29 is 23.5 Å². The van der Waals surface area contributed by atoms with Crippen molar-refractivity contribution in [2.75, 3.05) is 11.9 Å². The average molecular weight is 485 g/mol. The van der Waals surface area contributed by atoms with Gasteiger partial charge in [0.15, 0.2) is 0 Å². The minimum Gasteiger partial charge on any atom is -0.436 e. The Kier molecular flexibility index (Phi) is 6.66. The van der Waals surface area contributed by atoms with E-state index in [-0.39, 0.29) is 21.8 Å². The molecule has 0 radical (unpaired) electrons. The number of amides is 3. The number of benzene rings is 2. The van der Waals surface area contributed by atoms with E-state index in [1.54, 1.807) is 48.5 Å². The van der Waals surface area contributed by atoms with Gasteiger partial charge in [-0.05, 0) is 59.3 Å². The Bertz CT molecular complexity index is 1270. The standard InChI is InChI=1S/C22H14ClFN4O4S/c23-21-25-11-16(24)19(27-21)32-15-8-4-5-13(9-15)10-17-20(30)28(22(31)33-17)12-18(29)26-14-6-2-1-3-7-14/h1-11H,12H2,(H,26,29)/b17-10-. The first-order chi connectivity index (χ1) is 15.9. The van der Waals surface area contributed by atoms with E-state index in [9.17, 15) is 18.8 Å². The molecule has 33 heavy (non-hydrogen) atoms. The maximum atomic E-state index is 13.8. The molecular formula is C22H14ClFN4O4S. The number of hydrogen-bond acceptors (Lipinski definition) is 7. The number of rotatable bonds is 6. The maximum Gasteiger partial charge on any atom is 0.294 e. The van der Waals surface area contributed by atoms with Crippen LogP contribution in [0.3, 0.4) is 0 Å². The Morgan fingerprint density at radius 3 is 2.76 bits per heavy atom. The Labute approximate surface area is 196 Å². The topological polar surface area (TPSA) is 101 Å². The highest BCUT2D eigenvalue weighted by Gasteiger charge is 2.36. The number of halogens is 2. The van der Waals surface area contributed by atoms with Gasteiger partial charge in [0.1, 0.15) is 12.3 Å². The van der Waals surface area contributed by atoms with E-state index in [0.717, 1.165) is 22.9 Å². The van der Waals surface area contributed by atoms with Gasteiger partial charge < -0.3 is 10.1 Å². The van der Waals surface area contributed by atoms with Gasteiger partial charge in [0.2, 0.25) is 17.0 Å². The second-order valence-electron chi connectivity index (χ2n) is 6.65. The molecule has 1 fully saturated rings. The van der Waals surface area contributed by atoms with Crippen LogP contribution in [0.25, 0.3) is 6.08 Å². The van der Waals surface area contributed by atoms with Gasteiger partial charge in [-0.2, -0.15) is 9.37 Å². The molecule has 1 N–H and O–H groups in total. The number of para-hydroxylation sites is 1. The number of thioether (sulfide) groups is 1. The number of carbonyl (C=O) groups is 3. The van der Waals surface area contributed by atoms with Crippen molar-refractivity contribution in [3.8, 4) is 11.6 Å². The van der Waals surface area contributed by atoms with Gasteiger partial charge in [0.05, 0.1) is 11.1 Å². The van der Waals surface area contributed by atoms with E-state index in [0.29, 0.717) is 11.3 Å². The van der Waals surface area contributed by atoms with Crippen LogP contribution in [0.4, 0.5) is 14.9 Å². The summed E-state index contributed by atoms with van der Waals surface area (Å²) in [7, 11) is 0. The van der Waals surface area contributed by atoms with Crippen LogP contribution in [-0.4, -0.2) is 38.5 Å². The van der Waals surface area contributed by atoms with Crippen molar-refractivity contribution in [2.45, 2.75) is 0 Å². The van der Waals surface area contributed by atoms with Gasteiger partial charge in [0, 0.05) is 5.69 Å². The van der Waals surface area contributed by atoms with E-state index in [1.165, 1.54) is 12.1 Å². The third-order valence-corrected chi connectivity index (χ3v) is 5.38. The van der Waals surface area contributed by atoms with Crippen LogP contribution >= 0.6 is 23.4 Å². The number of nitrogens with one attached hydrogen (secondary N) is 1. The number of imide groups is 1. The van der Waals surface area contributed by atoms with E-state index in [2.05, 4.69) is 15.3 Å². The molecule has 2 heterocycles. The molecule has 4 rings (SSSR count). The molecule has 3 aromatic rings. The first-order valence-corrected chi connectivity index (χ1v) is 10.6. The monoisotopic (exact) mass is 484 g/mol. The molecule has 8 nitrogen and oxygen atoms in total. The summed E-state index contributed by atoms with van der Waals surface area (Å²) in [5.41, 5.74) is 1.08. The molecular weight excluding hydrogens is 471 g/mol. The molecule has 2 aromatic carbocycles. The predicted molar refractivity (Wildman–Crippen MR) is 121 cm³/mol. The summed E-state index contributed by atoms with van der Waals surface area (Å²) in [6.45, 7) is -0.409. The summed E-state index contributed by atoms with van der Waals surface area (Å²) in [5, 5.41) is 1.90. The number of aromatic nitrogens is 2. The van der Waals surface area contributed by atoms with Gasteiger partial charge in [-0.25, -0.2) is 4.98 Å². The molecule has 1 aromatic heterocycles. The molecule has 1 aliphatic rings. The Morgan fingerprint density at radius 1 is 1.18 bits per heavy atom. The maximum absolute atomic E-state index is 13.8. The van der Waals surface area contributed by atoms with E-state index in [4.69, 9.17) is 16.3 Å². The summed E-state index contributed by atoms with van der Waals surface area (Å²) in [5.74, 6) is -1.99. The largest absolute Gasteiger partial charge is 0.436 e. The van der Waals surface area contributed by atoms with Crippen LogP contribution < -0.4 is 10.1 Å². The van der Waals surface area contributed by atoms with Crippen LogP contribution in [0.1, 0.15) is 5.56 Å². The molecule has 3 amide bonds. The zero-order valence-electron chi connectivity index (χ0n) is 16.7. The molecule has 0 saturated carbocycles. The van der Waals surface area contributed by atoms with Crippen LogP contribution in [-0.2, 0) is 9.59 Å². The normalized spacial score (nSPS) is 14.6. The van der Waals surface area contributed by atoms with Crippen molar-refractivity contribution in [3.05, 3.63) is 82.4 Å². The molecule has 166 valence electrons. The number of nitrogens with zero attached hydrogens (tertiary/aromatic N) is 3. The van der Waals surface area contributed by atoms with Gasteiger partial charge >= 0.3 is 0 Å². The fraction of sp³-hybridized carbons (Fsp3) is 0.0455. The second-order valence-corrected chi connectivity index (χ2v) is 7.98. The molecule has 0 unspecified atom stereocenters. The van der Waals surface area contributed by atoms with Crippen molar-refractivity contribution in [1.29, 1.82) is 0 Å². The molecule has 1 aliphatic heterocycles. The van der Waals surface area contributed by atoms with E-state index >= 15 is 0 Å². The Morgan fingerprint density at radius 2 is 1.97 bits per heavy atom. The lowest BCUT2D eigenvalue weighted by Gasteiger charge is -2.12. The highest BCUT2D eigenvalue weighted by molar-refractivity contribution is 8.18. The summed E-state index contributed by atoms with van der Waals surface area (Å²) >= 11 is 6.39. The minimum absolute atomic E-state index is 0.140. The van der Waals surface area contributed by atoms with Crippen LogP contribution in [0.15, 0.2) is 65.7 Å². The number of ether oxygens (including phenoxy) is 1. The third kappa shape index (κ3) is 5.54. The fourth-order valence-corrected chi connectivity index (χ4v) is 3.80. The highest BCUT2D eigenvalue weighted by atomic mass is 35.5. The summed E-state index contributed by atoms with van der Waals surface area (Å²) in [6.07, 6.45) is 2.37. The quantitative estimate of drug-likeness (QED) is 0.398. The third-order valence-electron chi connectivity index (χ3n) is 4.29. The second kappa shape index (κ2) is 9.80. The van der Waals surface area contributed by atoms with Crippen molar-refractivity contribution >= 4 is 52.2 Å². The number of anilines is 1. The van der Waals surface area contributed by atoms with Crippen LogP contribution in [0.2, 0.25) is 5.28 Å². The van der Waals surface area contributed by atoms with Gasteiger partial charge in [0.25, 0.3) is 17.0 Å². The van der Waals surface area contributed by atoms with Crippen molar-refractivity contribution in [2.24, 2.45) is 0 Å². The number of hydrogen-bond donors (Lipinski definition) is 1. The average Bonchev–Trinajstić information content (AvgIpc) is 3.04. The minimum atomic E-state index is -0.792. The summed E-state index contributed by atoms with van der Waals surface area (Å²) in [4.78, 5) is 45.4. The molecule has 11 heteroatoms. The molecule has 0 atom stereocenters. The van der Waals surface area contributed by atoms with Gasteiger partial charge in [-0.15, -0.1) is 0 Å². The van der Waals surface area contributed by atoms with Crippen molar-refractivity contribution in [1.82, 2.24) is 14.9 Å². The van der Waals surface area contributed by atoms with Gasteiger partial charge in [-0.3, -0.25) is 19.3 Å². The lowest BCUT2D eigenvalue weighted by atomic mass is 10.2. The fourth-order valence-electron chi connectivity index (χ4n) is 2.84. The summed E-state index contributed by atoms with van der Waals surface area (Å²) in [6, 6.07) is 15.1. The van der Waals surface area contributed by atoms with Crippen LogP contribution in [0.5, 0.6) is 11.6 Å². The zero-order chi connectivity index (χ0) is 23.4. The van der Waals surface area contributed by atoms with E-state index < -0.39 is 29.4 Å².